The van der Waals surface area contributed by atoms with E-state index in [9.17, 15) is 4.79 Å². The van der Waals surface area contributed by atoms with E-state index in [1.54, 1.807) is 6.07 Å². The molecule has 2 aliphatic carbocycles. The van der Waals surface area contributed by atoms with E-state index in [-0.39, 0.29) is 5.97 Å². The summed E-state index contributed by atoms with van der Waals surface area (Å²) in [6, 6.07) is 5.83. The predicted molar refractivity (Wildman–Crippen MR) is 84.9 cm³/mol. The van der Waals surface area contributed by atoms with Gasteiger partial charge in [0.1, 0.15) is 0 Å². The van der Waals surface area contributed by atoms with Crippen molar-refractivity contribution in [2.75, 3.05) is 12.4 Å². The zero-order valence-corrected chi connectivity index (χ0v) is 13.2. The van der Waals surface area contributed by atoms with Crippen LogP contribution in [0.1, 0.15) is 48.9 Å². The van der Waals surface area contributed by atoms with Crippen LogP contribution in [0.5, 0.6) is 0 Å². The fourth-order valence-corrected chi connectivity index (χ4v) is 3.67. The van der Waals surface area contributed by atoms with Crippen molar-refractivity contribution in [3.63, 3.8) is 0 Å². The van der Waals surface area contributed by atoms with Crippen LogP contribution < -0.4 is 5.32 Å². The molecule has 1 aromatic rings. The minimum Gasteiger partial charge on any atom is -0.465 e. The molecular weight excluding hydrogens is 286 g/mol. The van der Waals surface area contributed by atoms with Crippen LogP contribution in [0.4, 0.5) is 5.69 Å². The van der Waals surface area contributed by atoms with Crippen LogP contribution in [0, 0.1) is 11.8 Å². The topological polar surface area (TPSA) is 38.3 Å². The molecule has 1 aromatic carbocycles. The lowest BCUT2D eigenvalue weighted by Crippen LogP contribution is -2.29. The quantitative estimate of drug-likeness (QED) is 0.832. The van der Waals surface area contributed by atoms with Gasteiger partial charge in [0.05, 0.1) is 12.7 Å². The highest BCUT2D eigenvalue weighted by molar-refractivity contribution is 6.31. The molecular formula is C17H22ClNO2. The number of benzene rings is 1. The Morgan fingerprint density at radius 3 is 2.76 bits per heavy atom. The zero-order chi connectivity index (χ0) is 14.8. The van der Waals surface area contributed by atoms with Gasteiger partial charge in [-0.15, -0.1) is 0 Å². The summed E-state index contributed by atoms with van der Waals surface area (Å²) in [4.78, 5) is 11.9. The Labute approximate surface area is 131 Å². The fourth-order valence-electron chi connectivity index (χ4n) is 3.50. The number of rotatable bonds is 4. The van der Waals surface area contributed by atoms with Gasteiger partial charge in [0, 0.05) is 16.8 Å². The van der Waals surface area contributed by atoms with Crippen LogP contribution in [0.3, 0.4) is 0 Å². The lowest BCUT2D eigenvalue weighted by atomic mass is 9.82. The summed E-state index contributed by atoms with van der Waals surface area (Å²) in [6.45, 7) is 0. The molecule has 0 bridgehead atoms. The third kappa shape index (κ3) is 3.52. The molecule has 0 amide bonds. The maximum Gasteiger partial charge on any atom is 0.340 e. The first kappa shape index (κ1) is 14.7. The van der Waals surface area contributed by atoms with Gasteiger partial charge in [0.25, 0.3) is 0 Å². The average Bonchev–Trinajstić information content (AvgIpc) is 3.33. The van der Waals surface area contributed by atoms with Crippen molar-refractivity contribution in [2.24, 2.45) is 11.8 Å². The van der Waals surface area contributed by atoms with E-state index in [1.807, 2.05) is 12.1 Å². The molecule has 21 heavy (non-hydrogen) atoms. The van der Waals surface area contributed by atoms with E-state index < -0.39 is 0 Å². The van der Waals surface area contributed by atoms with E-state index in [1.165, 1.54) is 45.6 Å². The molecule has 2 unspecified atom stereocenters. The van der Waals surface area contributed by atoms with Crippen molar-refractivity contribution in [2.45, 2.75) is 44.6 Å². The number of esters is 1. The Kier molecular flexibility index (Phi) is 4.39. The molecule has 2 saturated carbocycles. The van der Waals surface area contributed by atoms with Gasteiger partial charge < -0.3 is 10.1 Å². The molecule has 0 aromatic heterocycles. The average molecular weight is 308 g/mol. The van der Waals surface area contributed by atoms with Crippen molar-refractivity contribution < 1.29 is 9.53 Å². The molecule has 3 nitrogen and oxygen atoms in total. The monoisotopic (exact) mass is 307 g/mol. The molecule has 3 rings (SSSR count). The van der Waals surface area contributed by atoms with Gasteiger partial charge in [0.15, 0.2) is 0 Å². The lowest BCUT2D eigenvalue weighted by Gasteiger charge is -2.31. The first-order chi connectivity index (χ1) is 10.2. The highest BCUT2D eigenvalue weighted by Crippen LogP contribution is 2.44. The summed E-state index contributed by atoms with van der Waals surface area (Å²) in [6.07, 6.45) is 7.85. The van der Waals surface area contributed by atoms with Gasteiger partial charge in [-0.05, 0) is 55.7 Å². The van der Waals surface area contributed by atoms with Crippen LogP contribution in [0.15, 0.2) is 18.2 Å². The highest BCUT2D eigenvalue weighted by Gasteiger charge is 2.34. The van der Waals surface area contributed by atoms with Crippen LogP contribution in [-0.2, 0) is 4.74 Å². The third-order valence-corrected chi connectivity index (χ3v) is 4.99. The first-order valence-electron chi connectivity index (χ1n) is 7.82. The Bertz CT molecular complexity index is 528. The fraction of sp³-hybridized carbons (Fsp3) is 0.588. The minimum atomic E-state index is -0.338. The SMILES string of the molecule is COC(=O)c1cc(Cl)ccc1NC1CCCC(C2CC2)C1. The van der Waals surface area contributed by atoms with Crippen LogP contribution in [0.2, 0.25) is 5.02 Å². The molecule has 4 heteroatoms. The highest BCUT2D eigenvalue weighted by atomic mass is 35.5. The van der Waals surface area contributed by atoms with E-state index >= 15 is 0 Å². The molecule has 1 N–H and O–H groups in total. The molecule has 0 radical (unpaired) electrons. The van der Waals surface area contributed by atoms with E-state index in [0.717, 1.165) is 17.5 Å². The molecule has 2 aliphatic rings. The summed E-state index contributed by atoms with van der Waals surface area (Å²) in [7, 11) is 1.40. The smallest absolute Gasteiger partial charge is 0.340 e. The second-order valence-corrected chi connectivity index (χ2v) is 6.72. The lowest BCUT2D eigenvalue weighted by molar-refractivity contribution is 0.0601. The molecule has 0 aliphatic heterocycles. The number of methoxy groups -OCH3 is 1. The molecule has 2 atom stereocenters. The van der Waals surface area contributed by atoms with Crippen LogP contribution >= 0.6 is 11.6 Å². The Hall–Kier alpha value is -1.22. The second-order valence-electron chi connectivity index (χ2n) is 6.29. The molecule has 0 saturated heterocycles. The van der Waals surface area contributed by atoms with Crippen molar-refractivity contribution in [1.82, 2.24) is 0 Å². The first-order valence-corrected chi connectivity index (χ1v) is 8.19. The number of ether oxygens (including phenoxy) is 1. The summed E-state index contributed by atoms with van der Waals surface area (Å²) in [5.41, 5.74) is 1.37. The number of carbonyl (C=O) groups is 1. The van der Waals surface area contributed by atoms with Crippen molar-refractivity contribution in [1.29, 1.82) is 0 Å². The number of nitrogens with one attached hydrogen (secondary N) is 1. The van der Waals surface area contributed by atoms with Crippen LogP contribution in [0.25, 0.3) is 0 Å². The number of hydrogen-bond acceptors (Lipinski definition) is 3. The largest absolute Gasteiger partial charge is 0.465 e. The Morgan fingerprint density at radius 1 is 1.24 bits per heavy atom. The van der Waals surface area contributed by atoms with E-state index in [4.69, 9.17) is 16.3 Å². The number of carbonyl (C=O) groups excluding carboxylic acids is 1. The Balaban J connectivity index is 1.72. The zero-order valence-electron chi connectivity index (χ0n) is 12.4. The van der Waals surface area contributed by atoms with E-state index in [2.05, 4.69) is 5.32 Å². The molecule has 114 valence electrons. The Morgan fingerprint density at radius 2 is 2.05 bits per heavy atom. The normalized spacial score (nSPS) is 25.4. The standard InChI is InChI=1S/C17H22ClNO2/c1-21-17(20)15-10-13(18)7-8-16(15)19-14-4-2-3-12(9-14)11-5-6-11/h7-8,10-12,14,19H,2-6,9H2,1H3. The molecule has 2 fully saturated rings. The molecule has 0 spiro atoms. The molecule has 0 heterocycles. The van der Waals surface area contributed by atoms with Gasteiger partial charge in [0.2, 0.25) is 0 Å². The van der Waals surface area contributed by atoms with Crippen molar-refractivity contribution in [3.05, 3.63) is 28.8 Å². The van der Waals surface area contributed by atoms with Gasteiger partial charge in [-0.25, -0.2) is 4.79 Å². The van der Waals surface area contributed by atoms with Gasteiger partial charge >= 0.3 is 5.97 Å². The summed E-state index contributed by atoms with van der Waals surface area (Å²) in [5.74, 6) is 1.49. The number of anilines is 1. The van der Waals surface area contributed by atoms with E-state index in [0.29, 0.717) is 16.6 Å². The summed E-state index contributed by atoms with van der Waals surface area (Å²) < 4.78 is 4.85. The van der Waals surface area contributed by atoms with Gasteiger partial charge in [-0.1, -0.05) is 24.4 Å². The third-order valence-electron chi connectivity index (χ3n) is 4.75. The number of hydrogen-bond donors (Lipinski definition) is 1. The summed E-state index contributed by atoms with van der Waals surface area (Å²) in [5, 5.41) is 4.10. The second kappa shape index (κ2) is 6.27. The minimum absolute atomic E-state index is 0.338. The number of halogens is 1. The van der Waals surface area contributed by atoms with Gasteiger partial charge in [-0.3, -0.25) is 0 Å². The van der Waals surface area contributed by atoms with Gasteiger partial charge in [-0.2, -0.15) is 0 Å². The van der Waals surface area contributed by atoms with Crippen molar-refractivity contribution in [3.8, 4) is 0 Å². The van der Waals surface area contributed by atoms with Crippen LogP contribution in [-0.4, -0.2) is 19.1 Å². The maximum atomic E-state index is 11.9. The maximum absolute atomic E-state index is 11.9. The van der Waals surface area contributed by atoms with Crippen molar-refractivity contribution >= 4 is 23.3 Å². The predicted octanol–water partition coefficient (Wildman–Crippen LogP) is 4.51. The summed E-state index contributed by atoms with van der Waals surface area (Å²) >= 11 is 6.00.